The number of carbonyl (C=O) groups is 4. The largest absolute Gasteiger partial charge is 0.488 e. The molecule has 0 radical (unpaired) electrons. The highest BCUT2D eigenvalue weighted by Gasteiger charge is 2.43. The first-order valence-electron chi connectivity index (χ1n) is 21.6. The molecule has 2 aromatic heterocycles. The van der Waals surface area contributed by atoms with Gasteiger partial charge in [-0.3, -0.25) is 9.59 Å². The number of rotatable bonds is 12. The van der Waals surface area contributed by atoms with Gasteiger partial charge < -0.3 is 49.3 Å². The highest BCUT2D eigenvalue weighted by atomic mass is 19.3. The molecule has 0 saturated carbocycles. The lowest BCUT2D eigenvalue weighted by molar-refractivity contribution is -0.139. The van der Waals surface area contributed by atoms with Crippen LogP contribution in [0, 0.1) is 17.8 Å². The van der Waals surface area contributed by atoms with Crippen LogP contribution in [0.1, 0.15) is 83.2 Å². The molecule has 3 aliphatic rings. The van der Waals surface area contributed by atoms with E-state index in [0.29, 0.717) is 35.9 Å². The first-order chi connectivity index (χ1) is 30.6. The van der Waals surface area contributed by atoms with Crippen LogP contribution in [0.25, 0.3) is 44.2 Å². The molecular formula is C46H54F2N8O8. The standard InChI is InChI=1S/C46H54F2N8O8/c1-22(2)37(53-45(59)61-6)42(57)55-19-25(20-64-44(47)48)14-35(55)41-50-32-12-10-26-16-31-29-11-9-27(15-28(29)21-63-36(31)17-30(26)39(32)52-41)33-18-49-40(51-33)34-13-8-24(5)56(34)43(58)38(23(3)4)54-46(60)62-7/h9-12,15-18,22-25,34-35,37-38,44H,8,13-14,19-21H2,1-7H3,(H,49,51)(H,50,52)(H,53,59)(H,54,60)/t24-,25-,34-,35-,37-,38?/m0/s1. The molecule has 0 aliphatic carbocycles. The van der Waals surface area contributed by atoms with Crippen LogP contribution in [-0.4, -0.2) is 106 Å². The van der Waals surface area contributed by atoms with Gasteiger partial charge in [0, 0.05) is 29.5 Å². The number of likely N-dealkylation sites (tertiary alicyclic amines) is 2. The molecule has 5 heterocycles. The normalized spacial score (nSPS) is 20.4. The number of imidazole rings is 2. The van der Waals surface area contributed by atoms with Gasteiger partial charge in [-0.1, -0.05) is 45.9 Å². The third-order valence-electron chi connectivity index (χ3n) is 12.7. The number of alkyl halides is 2. The van der Waals surface area contributed by atoms with Gasteiger partial charge in [-0.15, -0.1) is 0 Å². The second-order valence-corrected chi connectivity index (χ2v) is 17.6. The number of hydrogen-bond acceptors (Lipinski definition) is 10. The molecule has 4 N–H and O–H groups in total. The third kappa shape index (κ3) is 8.54. The van der Waals surface area contributed by atoms with Crippen LogP contribution in [-0.2, 0) is 30.4 Å². The summed E-state index contributed by atoms with van der Waals surface area (Å²) in [5.41, 5.74) is 6.04. The average Bonchev–Trinajstić information content (AvgIpc) is 4.10. The predicted octanol–water partition coefficient (Wildman–Crippen LogP) is 7.61. The fraction of sp³-hybridized carbons (Fsp3) is 0.478. The van der Waals surface area contributed by atoms with Gasteiger partial charge in [-0.05, 0) is 84.4 Å². The smallest absolute Gasteiger partial charge is 0.407 e. The first-order valence-corrected chi connectivity index (χ1v) is 21.6. The third-order valence-corrected chi connectivity index (χ3v) is 12.7. The van der Waals surface area contributed by atoms with Gasteiger partial charge in [0.25, 0.3) is 0 Å². The van der Waals surface area contributed by atoms with Crippen molar-refractivity contribution in [3.05, 3.63) is 65.9 Å². The molecule has 340 valence electrons. The Morgan fingerprint density at radius 1 is 0.875 bits per heavy atom. The van der Waals surface area contributed by atoms with E-state index in [1.165, 1.54) is 14.2 Å². The summed E-state index contributed by atoms with van der Waals surface area (Å²) in [6, 6.07) is 11.6. The number of carbonyl (C=O) groups excluding carboxylic acids is 4. The first kappa shape index (κ1) is 44.3. The Kier molecular flexibility index (Phi) is 12.5. The van der Waals surface area contributed by atoms with Crippen molar-refractivity contribution < 1.29 is 46.9 Å². The molecule has 2 fully saturated rings. The van der Waals surface area contributed by atoms with Crippen LogP contribution in [0.5, 0.6) is 5.75 Å². The Balaban J connectivity index is 1.05. The lowest BCUT2D eigenvalue weighted by Crippen LogP contribution is -2.52. The number of H-pyrrole nitrogens is 2. The van der Waals surface area contributed by atoms with E-state index in [2.05, 4.69) is 43.5 Å². The van der Waals surface area contributed by atoms with Crippen LogP contribution in [0.15, 0.2) is 48.7 Å². The number of methoxy groups -OCH3 is 2. The van der Waals surface area contributed by atoms with Crippen LogP contribution < -0.4 is 15.4 Å². The topological polar surface area (TPSA) is 193 Å². The minimum absolute atomic E-state index is 0.0420. The van der Waals surface area contributed by atoms with Gasteiger partial charge in [0.2, 0.25) is 11.8 Å². The minimum Gasteiger partial charge on any atom is -0.488 e. The molecule has 4 amide bonds. The number of nitrogens with one attached hydrogen (secondary N) is 4. The van der Waals surface area contributed by atoms with Gasteiger partial charge in [0.05, 0.1) is 55.8 Å². The van der Waals surface area contributed by atoms with Crippen molar-refractivity contribution in [3.63, 3.8) is 0 Å². The maximum atomic E-state index is 14.0. The monoisotopic (exact) mass is 884 g/mol. The molecule has 6 atom stereocenters. The zero-order chi connectivity index (χ0) is 45.6. The molecule has 5 aromatic rings. The van der Waals surface area contributed by atoms with Gasteiger partial charge in [-0.25, -0.2) is 19.6 Å². The van der Waals surface area contributed by atoms with Crippen molar-refractivity contribution >= 4 is 45.8 Å². The highest BCUT2D eigenvalue weighted by molar-refractivity contribution is 6.07. The van der Waals surface area contributed by atoms with E-state index < -0.39 is 42.8 Å². The van der Waals surface area contributed by atoms with Gasteiger partial charge >= 0.3 is 18.8 Å². The number of aromatic nitrogens is 4. The molecule has 3 aliphatic heterocycles. The number of alkyl carbamates (subject to hydrolysis) is 2. The molecule has 8 rings (SSSR count). The van der Waals surface area contributed by atoms with Crippen molar-refractivity contribution in [2.75, 3.05) is 27.4 Å². The van der Waals surface area contributed by atoms with E-state index in [1.54, 1.807) is 24.9 Å². The second-order valence-electron chi connectivity index (χ2n) is 17.6. The van der Waals surface area contributed by atoms with Gasteiger partial charge in [-0.2, -0.15) is 8.78 Å². The molecule has 2 saturated heterocycles. The zero-order valence-electron chi connectivity index (χ0n) is 36.9. The molecule has 0 spiro atoms. The number of hydrogen-bond donors (Lipinski definition) is 4. The Bertz CT molecular complexity index is 2580. The highest BCUT2D eigenvalue weighted by Crippen LogP contribution is 2.44. The summed E-state index contributed by atoms with van der Waals surface area (Å²) in [5.74, 6) is 0.476. The van der Waals surface area contributed by atoms with E-state index in [-0.39, 0.29) is 48.9 Å². The fourth-order valence-corrected chi connectivity index (χ4v) is 9.41. The van der Waals surface area contributed by atoms with Crippen LogP contribution in [0.4, 0.5) is 18.4 Å². The molecule has 3 aromatic carbocycles. The van der Waals surface area contributed by atoms with Crippen LogP contribution >= 0.6 is 0 Å². The molecule has 18 heteroatoms. The summed E-state index contributed by atoms with van der Waals surface area (Å²) >= 11 is 0. The summed E-state index contributed by atoms with van der Waals surface area (Å²) in [7, 11) is 2.50. The Morgan fingerprint density at radius 2 is 1.59 bits per heavy atom. The number of nitrogens with zero attached hydrogens (tertiary/aromatic N) is 4. The van der Waals surface area contributed by atoms with Crippen molar-refractivity contribution in [2.24, 2.45) is 17.8 Å². The number of aromatic amines is 2. The lowest BCUT2D eigenvalue weighted by atomic mass is 9.92. The number of ether oxygens (including phenoxy) is 4. The Labute approximate surface area is 368 Å². The maximum absolute atomic E-state index is 14.0. The van der Waals surface area contributed by atoms with Crippen molar-refractivity contribution in [1.29, 1.82) is 0 Å². The van der Waals surface area contributed by atoms with E-state index >= 15 is 0 Å². The lowest BCUT2D eigenvalue weighted by Gasteiger charge is -2.32. The van der Waals surface area contributed by atoms with E-state index in [1.807, 2.05) is 49.9 Å². The summed E-state index contributed by atoms with van der Waals surface area (Å²) in [6.07, 6.45) is 2.23. The fourth-order valence-electron chi connectivity index (χ4n) is 9.41. The van der Waals surface area contributed by atoms with Crippen LogP contribution in [0.2, 0.25) is 0 Å². The summed E-state index contributed by atoms with van der Waals surface area (Å²) in [5, 5.41) is 7.12. The van der Waals surface area contributed by atoms with Crippen molar-refractivity contribution in [1.82, 2.24) is 40.4 Å². The molecule has 64 heavy (non-hydrogen) atoms. The van der Waals surface area contributed by atoms with Crippen molar-refractivity contribution in [2.45, 2.75) is 97.3 Å². The number of fused-ring (bicyclic) bond motifs is 6. The number of benzene rings is 3. The maximum Gasteiger partial charge on any atom is 0.407 e. The number of amides is 4. The minimum atomic E-state index is -2.95. The molecule has 1 unspecified atom stereocenters. The predicted molar refractivity (Wildman–Crippen MR) is 232 cm³/mol. The SMILES string of the molecule is COC(=O)NC(C(=O)N1[C@@H](C)CC[C@H]1c1ncc(-c2ccc3c(c2)COc2cc4c(ccc5nc([C@@H]6C[C@H](COC(F)F)CN6C(=O)[C@@H](NC(=O)OC)C(C)C)[nH]c54)cc2-3)[nH]1)C(C)C. The van der Waals surface area contributed by atoms with Gasteiger partial charge in [0.1, 0.15) is 36.1 Å². The van der Waals surface area contributed by atoms with Gasteiger partial charge in [0.15, 0.2) is 0 Å². The van der Waals surface area contributed by atoms with Crippen LogP contribution in [0.3, 0.4) is 0 Å². The summed E-state index contributed by atoms with van der Waals surface area (Å²) in [4.78, 5) is 72.2. The van der Waals surface area contributed by atoms with E-state index in [0.717, 1.165) is 57.1 Å². The molecule has 16 nitrogen and oxygen atoms in total. The van der Waals surface area contributed by atoms with E-state index in [9.17, 15) is 28.0 Å². The average molecular weight is 885 g/mol. The summed E-state index contributed by atoms with van der Waals surface area (Å²) < 4.78 is 46.9. The zero-order valence-corrected chi connectivity index (χ0v) is 36.9. The van der Waals surface area contributed by atoms with Crippen molar-refractivity contribution in [3.8, 4) is 28.1 Å². The Hall–Kier alpha value is -6.30. The number of halogens is 2. The molecule has 0 bridgehead atoms. The van der Waals surface area contributed by atoms with E-state index in [4.69, 9.17) is 24.2 Å². The second kappa shape index (κ2) is 18.1. The quantitative estimate of drug-likeness (QED) is 0.0970. The summed E-state index contributed by atoms with van der Waals surface area (Å²) in [6.45, 7) is 6.66. The molecular weight excluding hydrogens is 831 g/mol. The Morgan fingerprint density at radius 3 is 2.28 bits per heavy atom.